The molecule has 0 spiro atoms. The average Bonchev–Trinajstić information content (AvgIpc) is 3.04. The van der Waals surface area contributed by atoms with E-state index in [2.05, 4.69) is 5.16 Å². The highest BCUT2D eigenvalue weighted by atomic mass is 16.5. The lowest BCUT2D eigenvalue weighted by molar-refractivity contribution is -0.0622. The van der Waals surface area contributed by atoms with E-state index in [0.717, 1.165) is 5.56 Å². The van der Waals surface area contributed by atoms with E-state index in [1.807, 2.05) is 31.2 Å². The number of para-hydroxylation sites is 1. The second-order valence-corrected chi connectivity index (χ2v) is 5.94. The summed E-state index contributed by atoms with van der Waals surface area (Å²) in [5.41, 5.74) is -0.108. The van der Waals surface area contributed by atoms with E-state index in [-0.39, 0.29) is 31.4 Å². The molecule has 1 aromatic carbocycles. The first-order chi connectivity index (χ1) is 11.6. The highest BCUT2D eigenvalue weighted by molar-refractivity contribution is 5.92. The Labute approximate surface area is 139 Å². The van der Waals surface area contributed by atoms with Gasteiger partial charge in [0.05, 0.1) is 19.8 Å². The standard InChI is InChI=1S/C17H20N2O5/c1-13-4-2-3-5-15(13)23-12-17(21)10-19(7-9-22-11-17)16(20)14-6-8-24-18-14/h2-6,8,21H,7,9-12H2,1H3/t17-/m0/s1. The fourth-order valence-electron chi connectivity index (χ4n) is 2.59. The Bertz CT molecular complexity index is 688. The van der Waals surface area contributed by atoms with Crippen LogP contribution in [0.2, 0.25) is 0 Å². The molecule has 0 aliphatic carbocycles. The van der Waals surface area contributed by atoms with Crippen LogP contribution in [-0.2, 0) is 4.74 Å². The third-order valence-electron chi connectivity index (χ3n) is 3.90. The number of hydrogen-bond acceptors (Lipinski definition) is 6. The molecule has 24 heavy (non-hydrogen) atoms. The van der Waals surface area contributed by atoms with E-state index in [1.165, 1.54) is 17.2 Å². The Balaban J connectivity index is 1.69. The van der Waals surface area contributed by atoms with Crippen molar-refractivity contribution in [2.24, 2.45) is 0 Å². The third kappa shape index (κ3) is 3.74. The Morgan fingerprint density at radius 1 is 1.42 bits per heavy atom. The summed E-state index contributed by atoms with van der Waals surface area (Å²) >= 11 is 0. The minimum absolute atomic E-state index is 0.0282. The molecule has 7 nitrogen and oxygen atoms in total. The number of carbonyl (C=O) groups excluding carboxylic acids is 1. The molecule has 128 valence electrons. The highest BCUT2D eigenvalue weighted by Gasteiger charge is 2.36. The van der Waals surface area contributed by atoms with Crippen LogP contribution in [0, 0.1) is 6.92 Å². The molecule has 0 saturated carbocycles. The Kier molecular flexibility index (Phi) is 4.82. The van der Waals surface area contributed by atoms with Gasteiger partial charge in [-0.3, -0.25) is 4.79 Å². The molecule has 1 fully saturated rings. The summed E-state index contributed by atoms with van der Waals surface area (Å²) in [5.74, 6) is 0.396. The number of nitrogens with zero attached hydrogens (tertiary/aromatic N) is 2. The first kappa shape index (κ1) is 16.5. The number of benzene rings is 1. The van der Waals surface area contributed by atoms with Crippen LogP contribution in [0.1, 0.15) is 16.1 Å². The first-order valence-electron chi connectivity index (χ1n) is 7.76. The molecule has 3 rings (SSSR count). The fraction of sp³-hybridized carbons (Fsp3) is 0.412. The van der Waals surface area contributed by atoms with E-state index >= 15 is 0 Å². The number of aliphatic hydroxyl groups is 1. The summed E-state index contributed by atoms with van der Waals surface area (Å²) in [6.07, 6.45) is 1.34. The molecule has 1 amide bonds. The van der Waals surface area contributed by atoms with Crippen LogP contribution < -0.4 is 4.74 Å². The van der Waals surface area contributed by atoms with Crippen molar-refractivity contribution in [2.45, 2.75) is 12.5 Å². The van der Waals surface area contributed by atoms with Crippen molar-refractivity contribution in [3.8, 4) is 5.75 Å². The van der Waals surface area contributed by atoms with Crippen molar-refractivity contribution >= 4 is 5.91 Å². The van der Waals surface area contributed by atoms with Crippen LogP contribution in [-0.4, -0.2) is 59.6 Å². The van der Waals surface area contributed by atoms with Crippen molar-refractivity contribution < 1.29 is 23.9 Å². The molecule has 1 aliphatic rings. The number of hydrogen-bond donors (Lipinski definition) is 1. The number of aryl methyl sites for hydroxylation is 1. The molecule has 0 unspecified atom stereocenters. The topological polar surface area (TPSA) is 85.0 Å². The van der Waals surface area contributed by atoms with Crippen molar-refractivity contribution in [3.63, 3.8) is 0 Å². The van der Waals surface area contributed by atoms with Gasteiger partial charge in [0.15, 0.2) is 5.69 Å². The zero-order valence-corrected chi connectivity index (χ0v) is 13.5. The lowest BCUT2D eigenvalue weighted by Crippen LogP contribution is -2.50. The van der Waals surface area contributed by atoms with E-state index in [9.17, 15) is 9.90 Å². The van der Waals surface area contributed by atoms with Gasteiger partial charge in [0, 0.05) is 12.6 Å². The van der Waals surface area contributed by atoms with Crippen LogP contribution in [0.4, 0.5) is 0 Å². The molecule has 2 heterocycles. The maximum absolute atomic E-state index is 12.4. The van der Waals surface area contributed by atoms with Gasteiger partial charge in [-0.15, -0.1) is 0 Å². The molecule has 1 N–H and O–H groups in total. The largest absolute Gasteiger partial charge is 0.490 e. The highest BCUT2D eigenvalue weighted by Crippen LogP contribution is 2.20. The number of aromatic nitrogens is 1. The molecule has 1 aromatic heterocycles. The smallest absolute Gasteiger partial charge is 0.276 e. The molecular weight excluding hydrogens is 312 g/mol. The SMILES string of the molecule is Cc1ccccc1OC[C@@]1(O)COCCN(C(=O)c2ccon2)C1. The molecular formula is C17H20N2O5. The molecule has 1 atom stereocenters. The number of carbonyl (C=O) groups is 1. The van der Waals surface area contributed by atoms with Crippen LogP contribution in [0.3, 0.4) is 0 Å². The van der Waals surface area contributed by atoms with Gasteiger partial charge >= 0.3 is 0 Å². The first-order valence-corrected chi connectivity index (χ1v) is 7.76. The van der Waals surface area contributed by atoms with Crippen LogP contribution in [0.5, 0.6) is 5.75 Å². The Hall–Kier alpha value is -2.38. The van der Waals surface area contributed by atoms with E-state index < -0.39 is 5.60 Å². The van der Waals surface area contributed by atoms with Crippen molar-refractivity contribution in [3.05, 3.63) is 47.9 Å². The summed E-state index contributed by atoms with van der Waals surface area (Å²) in [6, 6.07) is 9.06. The summed E-state index contributed by atoms with van der Waals surface area (Å²) in [5, 5.41) is 14.5. The molecule has 0 radical (unpaired) electrons. The quantitative estimate of drug-likeness (QED) is 0.907. The molecule has 2 aromatic rings. The van der Waals surface area contributed by atoms with Gasteiger partial charge < -0.3 is 24.0 Å². The van der Waals surface area contributed by atoms with Gasteiger partial charge in [0.2, 0.25) is 0 Å². The molecule has 0 bridgehead atoms. The van der Waals surface area contributed by atoms with Gasteiger partial charge in [-0.25, -0.2) is 0 Å². The van der Waals surface area contributed by atoms with Crippen LogP contribution >= 0.6 is 0 Å². The third-order valence-corrected chi connectivity index (χ3v) is 3.90. The molecule has 1 aliphatic heterocycles. The zero-order valence-electron chi connectivity index (χ0n) is 13.5. The Morgan fingerprint density at radius 2 is 2.25 bits per heavy atom. The van der Waals surface area contributed by atoms with Crippen molar-refractivity contribution in [2.75, 3.05) is 32.9 Å². The average molecular weight is 332 g/mol. The number of β-amino-alcohol motifs (C(OH)–C–C–N with tert-alkyl or cyclic N) is 1. The lowest BCUT2D eigenvalue weighted by atomic mass is 10.1. The molecule has 7 heteroatoms. The van der Waals surface area contributed by atoms with E-state index in [1.54, 1.807) is 0 Å². The minimum Gasteiger partial charge on any atom is -0.490 e. The van der Waals surface area contributed by atoms with Gasteiger partial charge in [0.1, 0.15) is 24.2 Å². The van der Waals surface area contributed by atoms with Crippen molar-refractivity contribution in [1.82, 2.24) is 10.1 Å². The van der Waals surface area contributed by atoms with Crippen molar-refractivity contribution in [1.29, 1.82) is 0 Å². The summed E-state index contributed by atoms with van der Waals surface area (Å²) < 4.78 is 15.9. The zero-order chi connectivity index (χ0) is 17.0. The maximum atomic E-state index is 12.4. The monoisotopic (exact) mass is 332 g/mol. The molecule has 1 saturated heterocycles. The predicted molar refractivity (Wildman–Crippen MR) is 84.8 cm³/mol. The lowest BCUT2D eigenvalue weighted by Gasteiger charge is -2.30. The maximum Gasteiger partial charge on any atom is 0.276 e. The van der Waals surface area contributed by atoms with Gasteiger partial charge in [-0.1, -0.05) is 23.4 Å². The van der Waals surface area contributed by atoms with E-state index in [4.69, 9.17) is 14.0 Å². The van der Waals surface area contributed by atoms with Gasteiger partial charge in [0.25, 0.3) is 5.91 Å². The van der Waals surface area contributed by atoms with E-state index in [0.29, 0.717) is 18.9 Å². The second-order valence-electron chi connectivity index (χ2n) is 5.94. The van der Waals surface area contributed by atoms with Crippen LogP contribution in [0.25, 0.3) is 0 Å². The van der Waals surface area contributed by atoms with Gasteiger partial charge in [-0.05, 0) is 18.6 Å². The van der Waals surface area contributed by atoms with Gasteiger partial charge in [-0.2, -0.15) is 0 Å². The summed E-state index contributed by atoms with van der Waals surface area (Å²) in [7, 11) is 0. The van der Waals surface area contributed by atoms with Crippen LogP contribution in [0.15, 0.2) is 41.1 Å². The summed E-state index contributed by atoms with van der Waals surface area (Å²) in [4.78, 5) is 13.9. The number of rotatable bonds is 4. The predicted octanol–water partition coefficient (Wildman–Crippen LogP) is 1.27. The Morgan fingerprint density at radius 3 is 3.00 bits per heavy atom. The minimum atomic E-state index is -1.29. The second kappa shape index (κ2) is 7.02. The normalized spacial score (nSPS) is 21.3. The number of amides is 1. The summed E-state index contributed by atoms with van der Waals surface area (Å²) in [6.45, 7) is 2.88. The fourth-order valence-corrected chi connectivity index (χ4v) is 2.59. The number of ether oxygens (including phenoxy) is 2.